The second kappa shape index (κ2) is 8.99. The lowest BCUT2D eigenvalue weighted by Gasteiger charge is -2.14. The van der Waals surface area contributed by atoms with Crippen molar-refractivity contribution in [2.24, 2.45) is 5.92 Å². The number of carbonyl (C=O) groups is 1. The van der Waals surface area contributed by atoms with Gasteiger partial charge < -0.3 is 5.32 Å². The Kier molecular flexibility index (Phi) is 6.45. The SMILES string of the molecule is CC(C)CCC(C)NC(=O)CSc1ncnc2c1cnn2-c1ccccc1. The molecular formula is C20H25N5OS. The van der Waals surface area contributed by atoms with Crippen LogP contribution in [-0.4, -0.2) is 37.5 Å². The van der Waals surface area contributed by atoms with E-state index in [2.05, 4.69) is 41.2 Å². The number of hydrogen-bond acceptors (Lipinski definition) is 5. The highest BCUT2D eigenvalue weighted by atomic mass is 32.2. The number of nitrogens with one attached hydrogen (secondary N) is 1. The van der Waals surface area contributed by atoms with Gasteiger partial charge in [-0.2, -0.15) is 5.10 Å². The molecule has 1 unspecified atom stereocenters. The molecule has 0 fully saturated rings. The summed E-state index contributed by atoms with van der Waals surface area (Å²) in [4.78, 5) is 21.0. The molecule has 142 valence electrons. The zero-order valence-electron chi connectivity index (χ0n) is 15.9. The quantitative estimate of drug-likeness (QED) is 0.472. The van der Waals surface area contributed by atoms with E-state index in [1.54, 1.807) is 10.9 Å². The summed E-state index contributed by atoms with van der Waals surface area (Å²) in [5, 5.41) is 9.13. The summed E-state index contributed by atoms with van der Waals surface area (Å²) in [6, 6.07) is 10.0. The van der Waals surface area contributed by atoms with Gasteiger partial charge in [-0.1, -0.05) is 43.8 Å². The van der Waals surface area contributed by atoms with E-state index in [0.29, 0.717) is 11.7 Å². The highest BCUT2D eigenvalue weighted by Crippen LogP contribution is 2.25. The van der Waals surface area contributed by atoms with Crippen molar-refractivity contribution in [2.45, 2.75) is 44.7 Å². The van der Waals surface area contributed by atoms with Gasteiger partial charge in [0, 0.05) is 6.04 Å². The van der Waals surface area contributed by atoms with Crippen LogP contribution in [0.15, 0.2) is 47.9 Å². The van der Waals surface area contributed by atoms with Gasteiger partial charge in [0.2, 0.25) is 5.91 Å². The molecule has 0 aliphatic heterocycles. The molecule has 0 spiro atoms. The first-order valence-electron chi connectivity index (χ1n) is 9.21. The van der Waals surface area contributed by atoms with Crippen LogP contribution in [0.1, 0.15) is 33.6 Å². The third kappa shape index (κ3) is 5.07. The lowest BCUT2D eigenvalue weighted by Crippen LogP contribution is -2.34. The largest absolute Gasteiger partial charge is 0.353 e. The van der Waals surface area contributed by atoms with Crippen molar-refractivity contribution in [3.05, 3.63) is 42.9 Å². The second-order valence-corrected chi connectivity index (χ2v) is 8.00. The van der Waals surface area contributed by atoms with E-state index in [1.165, 1.54) is 18.1 Å². The minimum Gasteiger partial charge on any atom is -0.353 e. The van der Waals surface area contributed by atoms with Gasteiger partial charge >= 0.3 is 0 Å². The molecule has 0 saturated carbocycles. The van der Waals surface area contributed by atoms with Crippen molar-refractivity contribution < 1.29 is 4.79 Å². The van der Waals surface area contributed by atoms with Gasteiger partial charge in [-0.05, 0) is 37.8 Å². The van der Waals surface area contributed by atoms with Gasteiger partial charge in [-0.3, -0.25) is 4.79 Å². The molecule has 1 aromatic carbocycles. The molecule has 2 heterocycles. The smallest absolute Gasteiger partial charge is 0.230 e. The van der Waals surface area contributed by atoms with E-state index < -0.39 is 0 Å². The number of benzene rings is 1. The van der Waals surface area contributed by atoms with Crippen LogP contribution >= 0.6 is 11.8 Å². The van der Waals surface area contributed by atoms with Crippen LogP contribution in [0.3, 0.4) is 0 Å². The third-order valence-corrected chi connectivity index (χ3v) is 5.26. The maximum atomic E-state index is 12.2. The lowest BCUT2D eigenvalue weighted by molar-refractivity contribution is -0.119. The lowest BCUT2D eigenvalue weighted by atomic mass is 10.0. The zero-order valence-corrected chi connectivity index (χ0v) is 16.7. The van der Waals surface area contributed by atoms with Crippen LogP contribution in [0.25, 0.3) is 16.7 Å². The van der Waals surface area contributed by atoms with Crippen molar-refractivity contribution in [1.82, 2.24) is 25.1 Å². The summed E-state index contributed by atoms with van der Waals surface area (Å²) in [5.41, 5.74) is 1.68. The zero-order chi connectivity index (χ0) is 19.2. The van der Waals surface area contributed by atoms with Gasteiger partial charge in [0.1, 0.15) is 11.4 Å². The van der Waals surface area contributed by atoms with Crippen LogP contribution in [0.4, 0.5) is 0 Å². The van der Waals surface area contributed by atoms with Crippen molar-refractivity contribution in [1.29, 1.82) is 0 Å². The van der Waals surface area contributed by atoms with Gasteiger partial charge in [0.25, 0.3) is 0 Å². The van der Waals surface area contributed by atoms with Crippen LogP contribution in [0.5, 0.6) is 0 Å². The first-order valence-corrected chi connectivity index (χ1v) is 10.2. The molecule has 0 aliphatic rings. The van der Waals surface area contributed by atoms with Crippen molar-refractivity contribution >= 4 is 28.7 Å². The van der Waals surface area contributed by atoms with Crippen LogP contribution in [0, 0.1) is 5.92 Å². The number of fused-ring (bicyclic) bond motifs is 1. The van der Waals surface area contributed by atoms with Gasteiger partial charge in [-0.15, -0.1) is 0 Å². The predicted octanol–water partition coefficient (Wildman–Crippen LogP) is 3.85. The summed E-state index contributed by atoms with van der Waals surface area (Å²) in [5.74, 6) is 1.00. The van der Waals surface area contributed by atoms with Gasteiger partial charge in [-0.25, -0.2) is 14.6 Å². The summed E-state index contributed by atoms with van der Waals surface area (Å²) >= 11 is 1.42. The van der Waals surface area contributed by atoms with E-state index in [0.717, 1.165) is 34.6 Å². The molecule has 0 saturated heterocycles. The number of hydrogen-bond donors (Lipinski definition) is 1. The van der Waals surface area contributed by atoms with E-state index >= 15 is 0 Å². The first-order chi connectivity index (χ1) is 13.0. The number of aromatic nitrogens is 4. The Balaban J connectivity index is 1.66. The number of carbonyl (C=O) groups excluding carboxylic acids is 1. The Bertz CT molecular complexity index is 894. The maximum absolute atomic E-state index is 12.2. The summed E-state index contributed by atoms with van der Waals surface area (Å²) < 4.78 is 1.79. The fourth-order valence-electron chi connectivity index (χ4n) is 2.80. The molecule has 3 aromatic rings. The standard InChI is InChI=1S/C20H25N5OS/c1-14(2)9-10-15(3)24-18(26)12-27-20-17-11-23-25(19(17)21-13-22-20)16-7-5-4-6-8-16/h4-8,11,13-15H,9-10,12H2,1-3H3,(H,24,26). The number of para-hydroxylation sites is 1. The topological polar surface area (TPSA) is 72.7 Å². The molecule has 1 amide bonds. The molecular weight excluding hydrogens is 358 g/mol. The Labute approximate surface area is 163 Å². The minimum atomic E-state index is 0.0264. The number of nitrogens with zero attached hydrogens (tertiary/aromatic N) is 4. The molecule has 6 nitrogen and oxygen atoms in total. The number of rotatable bonds is 8. The maximum Gasteiger partial charge on any atom is 0.230 e. The average Bonchev–Trinajstić information content (AvgIpc) is 3.10. The highest BCUT2D eigenvalue weighted by Gasteiger charge is 2.14. The molecule has 0 aliphatic carbocycles. The molecule has 3 rings (SSSR count). The molecule has 1 N–H and O–H groups in total. The van der Waals surface area contributed by atoms with E-state index in [1.807, 2.05) is 30.3 Å². The second-order valence-electron chi connectivity index (χ2n) is 7.04. The average molecular weight is 384 g/mol. The molecule has 7 heteroatoms. The number of amides is 1. The van der Waals surface area contributed by atoms with E-state index in [9.17, 15) is 4.79 Å². The Hall–Kier alpha value is -2.41. The van der Waals surface area contributed by atoms with Gasteiger partial charge in [0.05, 0.1) is 23.0 Å². The summed E-state index contributed by atoms with van der Waals surface area (Å²) in [7, 11) is 0. The molecule has 0 bridgehead atoms. The monoisotopic (exact) mass is 383 g/mol. The molecule has 1 atom stereocenters. The third-order valence-electron chi connectivity index (χ3n) is 4.25. The van der Waals surface area contributed by atoms with E-state index in [-0.39, 0.29) is 11.9 Å². The van der Waals surface area contributed by atoms with Crippen molar-refractivity contribution in [3.63, 3.8) is 0 Å². The predicted molar refractivity (Wildman–Crippen MR) is 109 cm³/mol. The fraction of sp³-hybridized carbons (Fsp3) is 0.400. The Morgan fingerprint density at radius 1 is 1.15 bits per heavy atom. The van der Waals surface area contributed by atoms with Crippen molar-refractivity contribution in [2.75, 3.05) is 5.75 Å². The molecule has 0 radical (unpaired) electrons. The van der Waals surface area contributed by atoms with Crippen LogP contribution in [0.2, 0.25) is 0 Å². The van der Waals surface area contributed by atoms with Gasteiger partial charge in [0.15, 0.2) is 5.65 Å². The van der Waals surface area contributed by atoms with E-state index in [4.69, 9.17) is 0 Å². The molecule has 2 aromatic heterocycles. The summed E-state index contributed by atoms with van der Waals surface area (Å²) in [6.45, 7) is 6.44. The fourth-order valence-corrected chi connectivity index (χ4v) is 3.57. The van der Waals surface area contributed by atoms with Crippen LogP contribution in [-0.2, 0) is 4.79 Å². The normalized spacial score (nSPS) is 12.4. The Morgan fingerprint density at radius 3 is 2.67 bits per heavy atom. The minimum absolute atomic E-state index is 0.0264. The highest BCUT2D eigenvalue weighted by molar-refractivity contribution is 8.00. The first kappa shape index (κ1) is 19.4. The van der Waals surface area contributed by atoms with Crippen molar-refractivity contribution in [3.8, 4) is 5.69 Å². The Morgan fingerprint density at radius 2 is 1.93 bits per heavy atom. The number of thioether (sulfide) groups is 1. The summed E-state index contributed by atoms with van der Waals surface area (Å²) in [6.07, 6.45) is 5.39. The molecule has 27 heavy (non-hydrogen) atoms. The van der Waals surface area contributed by atoms with Crippen LogP contribution < -0.4 is 5.32 Å².